The third-order valence-corrected chi connectivity index (χ3v) is 3.80. The molecule has 21 heavy (non-hydrogen) atoms. The summed E-state index contributed by atoms with van der Waals surface area (Å²) in [6, 6.07) is 3.66. The zero-order chi connectivity index (χ0) is 15.4. The van der Waals surface area contributed by atoms with Crippen LogP contribution in [0.15, 0.2) is 18.2 Å². The van der Waals surface area contributed by atoms with Crippen molar-refractivity contribution in [2.45, 2.75) is 38.1 Å². The Hall–Kier alpha value is -2.11. The Labute approximate surface area is 122 Å². The first kappa shape index (κ1) is 15.3. The minimum atomic E-state index is -0.901. The molecule has 6 heteroatoms. The van der Waals surface area contributed by atoms with E-state index in [0.717, 1.165) is 25.3 Å². The summed E-state index contributed by atoms with van der Waals surface area (Å²) in [5.41, 5.74) is -0.0720. The second-order valence-corrected chi connectivity index (χ2v) is 5.22. The molecule has 2 rings (SSSR count). The molecule has 114 valence electrons. The van der Waals surface area contributed by atoms with Crippen LogP contribution in [-0.4, -0.2) is 39.6 Å². The Kier molecular flexibility index (Phi) is 4.77. The molecule has 5 nitrogen and oxygen atoms in total. The minimum Gasteiger partial charge on any atom is -0.504 e. The predicted octanol–water partition coefficient (Wildman–Crippen LogP) is 2.39. The molecule has 1 amide bonds. The summed E-state index contributed by atoms with van der Waals surface area (Å²) < 4.78 is 13.4. The van der Waals surface area contributed by atoms with Crippen LogP contribution in [0.3, 0.4) is 0 Å². The van der Waals surface area contributed by atoms with Crippen molar-refractivity contribution in [3.8, 4) is 5.75 Å². The molecule has 1 aromatic rings. The van der Waals surface area contributed by atoms with Crippen LogP contribution in [0, 0.1) is 5.82 Å². The number of phenols is 1. The number of halogens is 1. The lowest BCUT2D eigenvalue weighted by Crippen LogP contribution is -2.44. The number of piperidine rings is 1. The molecule has 0 aliphatic carbocycles. The van der Waals surface area contributed by atoms with E-state index in [0.29, 0.717) is 13.0 Å². The van der Waals surface area contributed by atoms with Crippen molar-refractivity contribution in [3.05, 3.63) is 29.6 Å². The molecule has 0 saturated carbocycles. The number of rotatable bonds is 4. The van der Waals surface area contributed by atoms with Crippen molar-refractivity contribution >= 4 is 11.9 Å². The quantitative estimate of drug-likeness (QED) is 0.894. The average Bonchev–Trinajstić information content (AvgIpc) is 2.47. The highest BCUT2D eigenvalue weighted by molar-refractivity contribution is 5.97. The van der Waals surface area contributed by atoms with Gasteiger partial charge in [0.1, 0.15) is 0 Å². The van der Waals surface area contributed by atoms with Crippen molar-refractivity contribution in [2.24, 2.45) is 0 Å². The molecule has 1 aromatic carbocycles. The van der Waals surface area contributed by atoms with E-state index in [9.17, 15) is 19.1 Å². The van der Waals surface area contributed by atoms with Gasteiger partial charge in [-0.2, -0.15) is 0 Å². The fourth-order valence-electron chi connectivity index (χ4n) is 2.70. The van der Waals surface area contributed by atoms with Crippen LogP contribution in [-0.2, 0) is 4.79 Å². The summed E-state index contributed by atoms with van der Waals surface area (Å²) in [7, 11) is 0. The van der Waals surface area contributed by atoms with Crippen molar-refractivity contribution < 1.29 is 24.2 Å². The monoisotopic (exact) mass is 295 g/mol. The van der Waals surface area contributed by atoms with E-state index in [2.05, 4.69) is 0 Å². The molecule has 0 bridgehead atoms. The number of carboxylic acid groups (broad SMARTS) is 1. The number of carboxylic acids is 1. The van der Waals surface area contributed by atoms with Gasteiger partial charge in [-0.3, -0.25) is 9.59 Å². The first-order valence-electron chi connectivity index (χ1n) is 7.01. The van der Waals surface area contributed by atoms with Crippen LogP contribution in [0.25, 0.3) is 0 Å². The highest BCUT2D eigenvalue weighted by atomic mass is 19.1. The van der Waals surface area contributed by atoms with E-state index in [-0.39, 0.29) is 18.0 Å². The molecule has 1 saturated heterocycles. The zero-order valence-electron chi connectivity index (χ0n) is 11.6. The van der Waals surface area contributed by atoms with E-state index < -0.39 is 23.4 Å². The molecular weight excluding hydrogens is 277 g/mol. The molecule has 1 atom stereocenters. The SMILES string of the molecule is O=C(O)CCC1CCCCN1C(=O)c1cccc(F)c1O. The number of aromatic hydroxyl groups is 1. The number of benzene rings is 1. The standard InChI is InChI=1S/C15H18FNO4/c16-12-6-3-5-11(14(12)20)15(21)17-9-2-1-4-10(17)7-8-13(18)19/h3,5-6,10,20H,1-2,4,7-9H2,(H,18,19). The Morgan fingerprint density at radius 3 is 2.81 bits per heavy atom. The van der Waals surface area contributed by atoms with Crippen LogP contribution in [0.4, 0.5) is 4.39 Å². The number of hydrogen-bond acceptors (Lipinski definition) is 3. The van der Waals surface area contributed by atoms with E-state index in [1.807, 2.05) is 0 Å². The van der Waals surface area contributed by atoms with Crippen LogP contribution in [0.1, 0.15) is 42.5 Å². The zero-order valence-corrected chi connectivity index (χ0v) is 11.6. The van der Waals surface area contributed by atoms with Gasteiger partial charge in [0, 0.05) is 19.0 Å². The number of likely N-dealkylation sites (tertiary alicyclic amines) is 1. The van der Waals surface area contributed by atoms with Crippen LogP contribution in [0.5, 0.6) is 5.75 Å². The minimum absolute atomic E-state index is 0.0103. The number of carbonyl (C=O) groups is 2. The lowest BCUT2D eigenvalue weighted by atomic mass is 9.96. The van der Waals surface area contributed by atoms with E-state index in [1.54, 1.807) is 4.90 Å². The van der Waals surface area contributed by atoms with Gasteiger partial charge < -0.3 is 15.1 Å². The molecule has 1 aliphatic rings. The molecule has 1 unspecified atom stereocenters. The molecule has 0 aromatic heterocycles. The number of aliphatic carboxylic acids is 1. The molecule has 1 fully saturated rings. The Balaban J connectivity index is 2.18. The number of amides is 1. The Morgan fingerprint density at radius 2 is 2.10 bits per heavy atom. The number of carbonyl (C=O) groups excluding carboxylic acids is 1. The van der Waals surface area contributed by atoms with Gasteiger partial charge in [-0.15, -0.1) is 0 Å². The van der Waals surface area contributed by atoms with Gasteiger partial charge in [0.05, 0.1) is 5.56 Å². The maximum atomic E-state index is 13.4. The van der Waals surface area contributed by atoms with Gasteiger partial charge in [0.25, 0.3) is 5.91 Å². The summed E-state index contributed by atoms with van der Waals surface area (Å²) in [6.45, 7) is 0.499. The number of nitrogens with zero attached hydrogens (tertiary/aromatic N) is 1. The largest absolute Gasteiger partial charge is 0.504 e. The van der Waals surface area contributed by atoms with Gasteiger partial charge >= 0.3 is 5.97 Å². The van der Waals surface area contributed by atoms with E-state index >= 15 is 0 Å². The van der Waals surface area contributed by atoms with Gasteiger partial charge in [0.15, 0.2) is 11.6 Å². The maximum Gasteiger partial charge on any atom is 0.303 e. The molecule has 0 spiro atoms. The van der Waals surface area contributed by atoms with Gasteiger partial charge in [-0.1, -0.05) is 6.07 Å². The molecule has 1 aliphatic heterocycles. The Morgan fingerprint density at radius 1 is 1.33 bits per heavy atom. The summed E-state index contributed by atoms with van der Waals surface area (Å²) in [6.07, 6.45) is 2.85. The summed E-state index contributed by atoms with van der Waals surface area (Å²) >= 11 is 0. The third kappa shape index (κ3) is 3.51. The highest BCUT2D eigenvalue weighted by Crippen LogP contribution is 2.27. The van der Waals surface area contributed by atoms with Crippen molar-refractivity contribution in [1.29, 1.82) is 0 Å². The first-order chi connectivity index (χ1) is 10.0. The molecular formula is C15H18FNO4. The maximum absolute atomic E-state index is 13.4. The van der Waals surface area contributed by atoms with E-state index in [4.69, 9.17) is 5.11 Å². The fourth-order valence-corrected chi connectivity index (χ4v) is 2.70. The normalized spacial score (nSPS) is 18.5. The van der Waals surface area contributed by atoms with Crippen molar-refractivity contribution in [3.63, 3.8) is 0 Å². The third-order valence-electron chi connectivity index (χ3n) is 3.80. The van der Waals surface area contributed by atoms with Gasteiger partial charge in [-0.05, 0) is 37.8 Å². The van der Waals surface area contributed by atoms with Crippen LogP contribution >= 0.6 is 0 Å². The second-order valence-electron chi connectivity index (χ2n) is 5.22. The molecule has 0 radical (unpaired) electrons. The van der Waals surface area contributed by atoms with Crippen molar-refractivity contribution in [1.82, 2.24) is 4.90 Å². The van der Waals surface area contributed by atoms with E-state index in [1.165, 1.54) is 12.1 Å². The summed E-state index contributed by atoms with van der Waals surface area (Å²) in [5.74, 6) is -2.83. The first-order valence-corrected chi connectivity index (χ1v) is 7.01. The summed E-state index contributed by atoms with van der Waals surface area (Å²) in [5, 5.41) is 18.5. The van der Waals surface area contributed by atoms with Crippen LogP contribution in [0.2, 0.25) is 0 Å². The van der Waals surface area contributed by atoms with Crippen LogP contribution < -0.4 is 0 Å². The summed E-state index contributed by atoms with van der Waals surface area (Å²) in [4.78, 5) is 24.7. The number of hydrogen-bond donors (Lipinski definition) is 2. The fraction of sp³-hybridized carbons (Fsp3) is 0.467. The molecule has 2 N–H and O–H groups in total. The smallest absolute Gasteiger partial charge is 0.303 e. The van der Waals surface area contributed by atoms with Gasteiger partial charge in [0.2, 0.25) is 0 Å². The van der Waals surface area contributed by atoms with Gasteiger partial charge in [-0.25, -0.2) is 4.39 Å². The lowest BCUT2D eigenvalue weighted by Gasteiger charge is -2.35. The molecule has 1 heterocycles. The number of phenolic OH excluding ortho intramolecular Hbond substituents is 1. The predicted molar refractivity (Wildman–Crippen MR) is 73.6 cm³/mol. The topological polar surface area (TPSA) is 77.8 Å². The average molecular weight is 295 g/mol. The number of para-hydroxylation sites is 1. The van der Waals surface area contributed by atoms with Crippen molar-refractivity contribution in [2.75, 3.05) is 6.54 Å². The second kappa shape index (κ2) is 6.56. The highest BCUT2D eigenvalue weighted by Gasteiger charge is 2.29. The Bertz CT molecular complexity index is 546. The lowest BCUT2D eigenvalue weighted by molar-refractivity contribution is -0.137.